The van der Waals surface area contributed by atoms with Crippen LogP contribution in [0, 0.1) is 0 Å². The van der Waals surface area contributed by atoms with Gasteiger partial charge in [-0.25, -0.2) is 0 Å². The van der Waals surface area contributed by atoms with Crippen molar-refractivity contribution in [3.05, 3.63) is 71.3 Å². The SMILES string of the molecule is COc1ccc2c(c1)C(c1c(O)ccc3cc(OC)ccc13)=CC(=O)C2=O. The highest BCUT2D eigenvalue weighted by Gasteiger charge is 2.29. The molecule has 1 aliphatic carbocycles. The van der Waals surface area contributed by atoms with Crippen molar-refractivity contribution in [1.29, 1.82) is 0 Å². The summed E-state index contributed by atoms with van der Waals surface area (Å²) in [5.74, 6) is 0.0773. The lowest BCUT2D eigenvalue weighted by molar-refractivity contribution is -0.111. The van der Waals surface area contributed by atoms with Crippen LogP contribution in [0.3, 0.4) is 0 Å². The van der Waals surface area contributed by atoms with Gasteiger partial charge in [0.15, 0.2) is 0 Å². The lowest BCUT2D eigenvalue weighted by Crippen LogP contribution is -2.19. The summed E-state index contributed by atoms with van der Waals surface area (Å²) in [5, 5.41) is 12.2. The minimum absolute atomic E-state index is 0.0230. The van der Waals surface area contributed by atoms with Gasteiger partial charge < -0.3 is 14.6 Å². The van der Waals surface area contributed by atoms with E-state index in [1.807, 2.05) is 12.1 Å². The highest BCUT2D eigenvalue weighted by Crippen LogP contribution is 2.41. The maximum Gasteiger partial charge on any atom is 0.233 e. The molecule has 5 nitrogen and oxygen atoms in total. The molecular weight excluding hydrogens is 344 g/mol. The lowest BCUT2D eigenvalue weighted by Gasteiger charge is -2.20. The molecule has 0 bridgehead atoms. The summed E-state index contributed by atoms with van der Waals surface area (Å²) >= 11 is 0. The number of phenolic OH excluding ortho intramolecular Hbond substituents is 1. The number of benzene rings is 3. The van der Waals surface area contributed by atoms with Crippen LogP contribution in [0.25, 0.3) is 16.3 Å². The Hall–Kier alpha value is -3.60. The first-order valence-electron chi connectivity index (χ1n) is 8.32. The number of allylic oxidation sites excluding steroid dienone is 1. The molecule has 27 heavy (non-hydrogen) atoms. The van der Waals surface area contributed by atoms with Crippen LogP contribution < -0.4 is 9.47 Å². The number of carbonyl (C=O) groups excluding carboxylic acids is 2. The molecule has 5 heteroatoms. The van der Waals surface area contributed by atoms with Crippen LogP contribution in [0.4, 0.5) is 0 Å². The maximum absolute atomic E-state index is 12.3. The number of carbonyl (C=O) groups is 2. The van der Waals surface area contributed by atoms with E-state index in [4.69, 9.17) is 9.47 Å². The number of phenols is 1. The van der Waals surface area contributed by atoms with Crippen LogP contribution >= 0.6 is 0 Å². The smallest absolute Gasteiger partial charge is 0.233 e. The van der Waals surface area contributed by atoms with Crippen LogP contribution in [-0.4, -0.2) is 30.9 Å². The molecule has 4 rings (SSSR count). The molecule has 0 heterocycles. The third-order valence-electron chi connectivity index (χ3n) is 4.74. The van der Waals surface area contributed by atoms with Crippen LogP contribution in [0.15, 0.2) is 54.6 Å². The van der Waals surface area contributed by atoms with E-state index < -0.39 is 11.6 Å². The third-order valence-corrected chi connectivity index (χ3v) is 4.74. The molecule has 1 aliphatic rings. The zero-order chi connectivity index (χ0) is 19.1. The molecule has 0 radical (unpaired) electrons. The van der Waals surface area contributed by atoms with Gasteiger partial charge in [0.25, 0.3) is 0 Å². The van der Waals surface area contributed by atoms with Crippen molar-refractivity contribution >= 4 is 27.9 Å². The molecule has 0 spiro atoms. The minimum Gasteiger partial charge on any atom is -0.507 e. The van der Waals surface area contributed by atoms with Crippen LogP contribution in [0.5, 0.6) is 17.2 Å². The van der Waals surface area contributed by atoms with Gasteiger partial charge in [-0.2, -0.15) is 0 Å². The molecule has 0 atom stereocenters. The minimum atomic E-state index is -0.618. The van der Waals surface area contributed by atoms with E-state index >= 15 is 0 Å². The second-order valence-electron chi connectivity index (χ2n) is 6.21. The van der Waals surface area contributed by atoms with Crippen molar-refractivity contribution in [2.75, 3.05) is 14.2 Å². The fourth-order valence-corrected chi connectivity index (χ4v) is 3.39. The Balaban J connectivity index is 2.04. The van der Waals surface area contributed by atoms with E-state index in [1.165, 1.54) is 13.2 Å². The molecule has 0 unspecified atom stereocenters. The summed E-state index contributed by atoms with van der Waals surface area (Å²) in [6.07, 6.45) is 1.28. The van der Waals surface area contributed by atoms with Crippen molar-refractivity contribution in [2.24, 2.45) is 0 Å². The first kappa shape index (κ1) is 16.8. The predicted octanol–water partition coefficient (Wildman–Crippen LogP) is 3.76. The van der Waals surface area contributed by atoms with Crippen molar-refractivity contribution in [3.63, 3.8) is 0 Å². The molecule has 1 N–H and O–H groups in total. The summed E-state index contributed by atoms with van der Waals surface area (Å²) in [7, 11) is 3.11. The number of Topliss-reactive ketones (excluding diaryl/α,β-unsaturated/α-hetero) is 1. The number of ketones is 2. The fourth-order valence-electron chi connectivity index (χ4n) is 3.39. The summed E-state index contributed by atoms with van der Waals surface area (Å²) in [6.45, 7) is 0. The standard InChI is InChI=1S/C22H16O5/c1-26-13-4-6-15-12(9-13)3-8-19(23)21(15)18-11-20(24)22(25)16-7-5-14(27-2)10-17(16)18/h3-11,23H,1-2H3. The van der Waals surface area contributed by atoms with E-state index in [1.54, 1.807) is 43.5 Å². The Kier molecular flexibility index (Phi) is 3.92. The summed E-state index contributed by atoms with van der Waals surface area (Å²) in [4.78, 5) is 24.6. The number of rotatable bonds is 3. The molecule has 134 valence electrons. The Labute approximate surface area is 155 Å². The van der Waals surface area contributed by atoms with E-state index in [-0.39, 0.29) is 5.75 Å². The van der Waals surface area contributed by atoms with Crippen molar-refractivity contribution in [3.8, 4) is 17.2 Å². The molecule has 0 saturated heterocycles. The zero-order valence-corrected chi connectivity index (χ0v) is 14.8. The first-order chi connectivity index (χ1) is 13.0. The average Bonchev–Trinajstić information content (AvgIpc) is 2.70. The van der Waals surface area contributed by atoms with E-state index in [2.05, 4.69) is 0 Å². The van der Waals surface area contributed by atoms with Gasteiger partial charge in [-0.15, -0.1) is 0 Å². The van der Waals surface area contributed by atoms with Gasteiger partial charge in [0.2, 0.25) is 11.6 Å². The van der Waals surface area contributed by atoms with Gasteiger partial charge in [0.05, 0.1) is 14.2 Å². The topological polar surface area (TPSA) is 72.8 Å². The van der Waals surface area contributed by atoms with Crippen LogP contribution in [-0.2, 0) is 4.79 Å². The van der Waals surface area contributed by atoms with Crippen LogP contribution in [0.1, 0.15) is 21.5 Å². The molecular formula is C22H16O5. The lowest BCUT2D eigenvalue weighted by atomic mass is 9.83. The number of hydrogen-bond donors (Lipinski definition) is 1. The number of methoxy groups -OCH3 is 2. The fraction of sp³-hybridized carbons (Fsp3) is 0.0909. The number of ether oxygens (including phenoxy) is 2. The van der Waals surface area contributed by atoms with Crippen molar-refractivity contribution in [2.45, 2.75) is 0 Å². The van der Waals surface area contributed by atoms with E-state index in [0.717, 1.165) is 10.8 Å². The third kappa shape index (κ3) is 2.64. The highest BCUT2D eigenvalue weighted by molar-refractivity contribution is 6.51. The first-order valence-corrected chi connectivity index (χ1v) is 8.32. The molecule has 0 aromatic heterocycles. The Morgan fingerprint density at radius 1 is 0.815 bits per heavy atom. The molecule has 3 aromatic rings. The second kappa shape index (κ2) is 6.29. The van der Waals surface area contributed by atoms with Gasteiger partial charge >= 0.3 is 0 Å². The second-order valence-corrected chi connectivity index (χ2v) is 6.21. The van der Waals surface area contributed by atoms with Crippen LogP contribution in [0.2, 0.25) is 0 Å². The van der Waals surface area contributed by atoms with E-state index in [0.29, 0.717) is 33.8 Å². The molecule has 0 aliphatic heterocycles. The number of fused-ring (bicyclic) bond motifs is 2. The summed E-state index contributed by atoms with van der Waals surface area (Å²) in [5.41, 5.74) is 1.83. The molecule has 3 aromatic carbocycles. The zero-order valence-electron chi connectivity index (χ0n) is 14.8. The van der Waals surface area contributed by atoms with Gasteiger partial charge in [0.1, 0.15) is 17.2 Å². The monoisotopic (exact) mass is 360 g/mol. The van der Waals surface area contributed by atoms with Gasteiger partial charge in [-0.05, 0) is 70.4 Å². The van der Waals surface area contributed by atoms with Gasteiger partial charge in [0, 0.05) is 11.1 Å². The highest BCUT2D eigenvalue weighted by atomic mass is 16.5. The number of aromatic hydroxyl groups is 1. The van der Waals surface area contributed by atoms with Gasteiger partial charge in [-0.3, -0.25) is 9.59 Å². The van der Waals surface area contributed by atoms with Crippen molar-refractivity contribution in [1.82, 2.24) is 0 Å². The largest absolute Gasteiger partial charge is 0.507 e. The Bertz CT molecular complexity index is 1140. The normalized spacial score (nSPS) is 13.3. The van der Waals surface area contributed by atoms with E-state index in [9.17, 15) is 14.7 Å². The Morgan fingerprint density at radius 2 is 1.52 bits per heavy atom. The summed E-state index contributed by atoms with van der Waals surface area (Å²) in [6, 6.07) is 13.7. The number of hydrogen-bond acceptors (Lipinski definition) is 5. The molecule has 0 amide bonds. The van der Waals surface area contributed by atoms with Gasteiger partial charge in [-0.1, -0.05) is 6.07 Å². The summed E-state index contributed by atoms with van der Waals surface area (Å²) < 4.78 is 10.5. The maximum atomic E-state index is 12.3. The molecule has 0 saturated carbocycles. The Morgan fingerprint density at radius 3 is 2.26 bits per heavy atom. The van der Waals surface area contributed by atoms with Crippen molar-refractivity contribution < 1.29 is 24.2 Å². The quantitative estimate of drug-likeness (QED) is 0.720. The predicted molar refractivity (Wildman–Crippen MR) is 102 cm³/mol. The molecule has 0 fully saturated rings. The average molecular weight is 360 g/mol.